The van der Waals surface area contributed by atoms with Gasteiger partial charge in [0.15, 0.2) is 0 Å². The zero-order chi connectivity index (χ0) is 15.3. The molecule has 0 heterocycles. The monoisotopic (exact) mass is 291 g/mol. The van der Waals surface area contributed by atoms with Crippen LogP contribution in [-0.4, -0.2) is 19.2 Å². The van der Waals surface area contributed by atoms with Crippen molar-refractivity contribution in [2.45, 2.75) is 26.1 Å². The fourth-order valence-electron chi connectivity index (χ4n) is 1.40. The van der Waals surface area contributed by atoms with Gasteiger partial charge in [0.1, 0.15) is 18.2 Å². The lowest BCUT2D eigenvalue weighted by Crippen LogP contribution is -2.26. The third-order valence-electron chi connectivity index (χ3n) is 2.45. The van der Waals surface area contributed by atoms with Crippen LogP contribution >= 0.6 is 0 Å². The van der Waals surface area contributed by atoms with Crippen molar-refractivity contribution in [1.82, 2.24) is 5.32 Å². The first kappa shape index (κ1) is 16.5. The third kappa shape index (κ3) is 5.21. The van der Waals surface area contributed by atoms with Crippen LogP contribution in [-0.2, 0) is 6.18 Å². The van der Waals surface area contributed by atoms with Crippen LogP contribution in [0.5, 0.6) is 5.75 Å². The first-order valence-electron chi connectivity index (χ1n) is 6.09. The lowest BCUT2D eigenvalue weighted by molar-refractivity contribution is -0.140. The minimum Gasteiger partial charge on any atom is -0.489 e. The minimum atomic E-state index is -4.74. The van der Waals surface area contributed by atoms with Gasteiger partial charge in [-0.2, -0.15) is 13.2 Å². The third-order valence-corrected chi connectivity index (χ3v) is 2.45. The zero-order valence-corrected chi connectivity index (χ0v) is 11.4. The zero-order valence-electron chi connectivity index (χ0n) is 11.4. The molecule has 1 aromatic rings. The van der Waals surface area contributed by atoms with Crippen molar-refractivity contribution in [2.75, 3.05) is 13.2 Å². The van der Waals surface area contributed by atoms with Crippen molar-refractivity contribution >= 4 is 0 Å². The van der Waals surface area contributed by atoms with Crippen LogP contribution in [0.15, 0.2) is 30.4 Å². The number of ether oxygens (including phenoxy) is 1. The molecule has 0 fully saturated rings. The molecule has 0 saturated carbocycles. The van der Waals surface area contributed by atoms with Gasteiger partial charge in [-0.3, -0.25) is 0 Å². The maximum atomic E-state index is 13.1. The molecule has 1 aromatic carbocycles. The Morgan fingerprint density at radius 2 is 2.00 bits per heavy atom. The average Bonchev–Trinajstić information content (AvgIpc) is 2.33. The van der Waals surface area contributed by atoms with Crippen LogP contribution in [0.1, 0.15) is 19.4 Å². The second-order valence-corrected chi connectivity index (χ2v) is 4.71. The number of hydrogen-bond acceptors (Lipinski definition) is 2. The van der Waals surface area contributed by atoms with Crippen molar-refractivity contribution in [3.05, 3.63) is 41.7 Å². The molecule has 1 rings (SSSR count). The van der Waals surface area contributed by atoms with Crippen molar-refractivity contribution in [2.24, 2.45) is 0 Å². The van der Waals surface area contributed by atoms with Gasteiger partial charge in [0.25, 0.3) is 0 Å². The van der Waals surface area contributed by atoms with E-state index in [1.54, 1.807) is 0 Å². The predicted molar refractivity (Wildman–Crippen MR) is 69.2 cm³/mol. The highest BCUT2D eigenvalue weighted by molar-refractivity contribution is 5.32. The second kappa shape index (κ2) is 6.74. The summed E-state index contributed by atoms with van der Waals surface area (Å²) in [5, 5.41) is 3.11. The summed E-state index contributed by atoms with van der Waals surface area (Å²) in [6, 6.07) is 2.83. The predicted octanol–water partition coefficient (Wildman–Crippen LogP) is 3.78. The average molecular weight is 291 g/mol. The van der Waals surface area contributed by atoms with E-state index in [4.69, 9.17) is 4.74 Å². The Bertz CT molecular complexity index is 469. The van der Waals surface area contributed by atoms with E-state index >= 15 is 0 Å². The molecule has 0 aromatic heterocycles. The molecule has 0 bridgehead atoms. The summed E-state index contributed by atoms with van der Waals surface area (Å²) >= 11 is 0. The molecule has 0 atom stereocenters. The summed E-state index contributed by atoms with van der Waals surface area (Å²) in [5.41, 5.74) is -0.641. The van der Waals surface area contributed by atoms with Gasteiger partial charge >= 0.3 is 6.18 Å². The molecule has 0 aliphatic heterocycles. The standard InChI is InChI=1S/C14H17F4NO/c1-9(2)19-7-10(3)8-20-11-4-5-13(15)12(6-11)14(16,17)18/h4-6,9,19H,3,7-8H2,1-2H3. The molecule has 0 radical (unpaired) electrons. The minimum absolute atomic E-state index is 0.0376. The summed E-state index contributed by atoms with van der Waals surface area (Å²) in [6.45, 7) is 8.25. The van der Waals surface area contributed by atoms with Gasteiger partial charge < -0.3 is 10.1 Å². The number of halogens is 4. The lowest BCUT2D eigenvalue weighted by Gasteiger charge is -2.13. The van der Waals surface area contributed by atoms with E-state index in [0.29, 0.717) is 18.2 Å². The topological polar surface area (TPSA) is 21.3 Å². The van der Waals surface area contributed by atoms with Crippen LogP contribution in [0.2, 0.25) is 0 Å². The van der Waals surface area contributed by atoms with Gasteiger partial charge in [-0.05, 0) is 23.8 Å². The molecule has 0 unspecified atom stereocenters. The SMILES string of the molecule is C=C(CNC(C)C)COc1ccc(F)c(C(F)(F)F)c1. The Hall–Kier alpha value is -1.56. The number of alkyl halides is 3. The van der Waals surface area contributed by atoms with Gasteiger partial charge in [-0.15, -0.1) is 0 Å². The van der Waals surface area contributed by atoms with E-state index in [9.17, 15) is 17.6 Å². The van der Waals surface area contributed by atoms with Crippen molar-refractivity contribution < 1.29 is 22.3 Å². The molecular weight excluding hydrogens is 274 g/mol. The maximum absolute atomic E-state index is 13.1. The van der Waals surface area contributed by atoms with Gasteiger partial charge in [0.2, 0.25) is 0 Å². The molecule has 112 valence electrons. The van der Waals surface area contributed by atoms with Crippen molar-refractivity contribution in [3.63, 3.8) is 0 Å². The fourth-order valence-corrected chi connectivity index (χ4v) is 1.40. The summed E-state index contributed by atoms with van der Waals surface area (Å²) in [6.07, 6.45) is -4.74. The van der Waals surface area contributed by atoms with Gasteiger partial charge in [0.05, 0.1) is 5.56 Å². The van der Waals surface area contributed by atoms with Crippen molar-refractivity contribution in [1.29, 1.82) is 0 Å². The van der Waals surface area contributed by atoms with Gasteiger partial charge in [-0.1, -0.05) is 20.4 Å². The van der Waals surface area contributed by atoms with E-state index in [1.807, 2.05) is 13.8 Å². The Kier molecular flexibility index (Phi) is 5.56. The van der Waals surface area contributed by atoms with E-state index in [2.05, 4.69) is 11.9 Å². The highest BCUT2D eigenvalue weighted by atomic mass is 19.4. The molecule has 0 amide bonds. The van der Waals surface area contributed by atoms with Crippen LogP contribution < -0.4 is 10.1 Å². The molecule has 0 aliphatic carbocycles. The van der Waals surface area contributed by atoms with E-state index in [-0.39, 0.29) is 18.4 Å². The highest BCUT2D eigenvalue weighted by Crippen LogP contribution is 2.33. The number of nitrogens with one attached hydrogen (secondary N) is 1. The maximum Gasteiger partial charge on any atom is 0.419 e. The Morgan fingerprint density at radius 3 is 2.55 bits per heavy atom. The summed E-state index contributed by atoms with van der Waals surface area (Å²) in [5.74, 6) is -1.35. The molecule has 0 aliphatic rings. The normalized spacial score (nSPS) is 11.8. The summed E-state index contributed by atoms with van der Waals surface area (Å²) < 4.78 is 55.8. The first-order valence-corrected chi connectivity index (χ1v) is 6.09. The number of benzene rings is 1. The second-order valence-electron chi connectivity index (χ2n) is 4.71. The number of hydrogen-bond donors (Lipinski definition) is 1. The van der Waals surface area contributed by atoms with Gasteiger partial charge in [-0.25, -0.2) is 4.39 Å². The largest absolute Gasteiger partial charge is 0.489 e. The van der Waals surface area contributed by atoms with Gasteiger partial charge in [0, 0.05) is 12.6 Å². The Balaban J connectivity index is 2.63. The summed E-state index contributed by atoms with van der Waals surface area (Å²) in [4.78, 5) is 0. The van der Waals surface area contributed by atoms with Crippen LogP contribution in [0.4, 0.5) is 17.6 Å². The molecule has 0 saturated heterocycles. The molecular formula is C14H17F4NO. The first-order chi connectivity index (χ1) is 9.20. The van der Waals surface area contributed by atoms with E-state index in [1.165, 1.54) is 0 Å². The molecule has 1 N–H and O–H groups in total. The van der Waals surface area contributed by atoms with Crippen molar-refractivity contribution in [3.8, 4) is 5.75 Å². The quantitative estimate of drug-likeness (QED) is 0.636. The Labute approximate surface area is 115 Å². The Morgan fingerprint density at radius 1 is 1.35 bits per heavy atom. The van der Waals surface area contributed by atoms with E-state index in [0.717, 1.165) is 12.1 Å². The fraction of sp³-hybridized carbons (Fsp3) is 0.429. The number of rotatable bonds is 6. The molecule has 0 spiro atoms. The van der Waals surface area contributed by atoms with Crippen LogP contribution in [0.25, 0.3) is 0 Å². The van der Waals surface area contributed by atoms with Crippen LogP contribution in [0.3, 0.4) is 0 Å². The summed E-state index contributed by atoms with van der Waals surface area (Å²) in [7, 11) is 0. The van der Waals surface area contributed by atoms with E-state index < -0.39 is 17.6 Å². The smallest absolute Gasteiger partial charge is 0.419 e. The molecule has 2 nitrogen and oxygen atoms in total. The molecule has 6 heteroatoms. The highest BCUT2D eigenvalue weighted by Gasteiger charge is 2.34. The lowest BCUT2D eigenvalue weighted by atomic mass is 10.2. The van der Waals surface area contributed by atoms with Crippen LogP contribution in [0, 0.1) is 5.82 Å². The molecule has 20 heavy (non-hydrogen) atoms.